The Kier molecular flexibility index (Phi) is 4.82. The van der Waals surface area contributed by atoms with Crippen molar-refractivity contribution in [2.45, 2.75) is 0 Å². The van der Waals surface area contributed by atoms with Crippen molar-refractivity contribution in [2.24, 2.45) is 0 Å². The summed E-state index contributed by atoms with van der Waals surface area (Å²) in [5, 5.41) is 17.6. The van der Waals surface area contributed by atoms with Gasteiger partial charge in [-0.25, -0.2) is 0 Å². The highest BCUT2D eigenvalue weighted by Gasteiger charge is 2.00. The molecule has 0 aliphatic rings. The van der Waals surface area contributed by atoms with Gasteiger partial charge in [-0.05, 0) is 12.1 Å². The van der Waals surface area contributed by atoms with Crippen molar-refractivity contribution in [1.82, 2.24) is 0 Å². The fourth-order valence-corrected chi connectivity index (χ4v) is 0.747. The van der Waals surface area contributed by atoms with E-state index in [1.165, 1.54) is 25.3 Å². The minimum Gasteiger partial charge on any atom is -0.504 e. The van der Waals surface area contributed by atoms with E-state index in [0.717, 1.165) is 0 Å². The second kappa shape index (κ2) is 5.67. The third-order valence-corrected chi connectivity index (χ3v) is 1.31. The number of ether oxygens (including phenoxy) is 1. The van der Waals surface area contributed by atoms with Crippen molar-refractivity contribution in [3.8, 4) is 17.6 Å². The second-order valence-corrected chi connectivity index (χ2v) is 2.00. The fraction of sp³-hybridized carbons (Fsp3) is 0.100. The van der Waals surface area contributed by atoms with E-state index in [-0.39, 0.29) is 5.75 Å². The molecule has 0 aliphatic carbocycles. The van der Waals surface area contributed by atoms with Gasteiger partial charge in [-0.3, -0.25) is 0 Å². The zero-order valence-corrected chi connectivity index (χ0v) is 7.45. The number of phenolic OH excluding ortho intramolecular Hbond substituents is 1. The molecule has 0 unspecified atom stereocenters. The molecule has 1 rings (SSSR count). The third kappa shape index (κ3) is 2.88. The van der Waals surface area contributed by atoms with E-state index in [4.69, 9.17) is 15.1 Å². The van der Waals surface area contributed by atoms with Crippen LogP contribution >= 0.6 is 0 Å². The minimum atomic E-state index is 0.0477. The molecule has 0 radical (unpaired) electrons. The Morgan fingerprint density at radius 1 is 1.46 bits per heavy atom. The van der Waals surface area contributed by atoms with E-state index < -0.39 is 0 Å². The van der Waals surface area contributed by atoms with Crippen LogP contribution in [-0.2, 0) is 0 Å². The fourth-order valence-electron chi connectivity index (χ4n) is 0.747. The summed E-state index contributed by atoms with van der Waals surface area (Å²) in [5.74, 6) is 0.371. The average Bonchev–Trinajstić information content (AvgIpc) is 2.22. The molecule has 3 nitrogen and oxygen atoms in total. The molecule has 13 heavy (non-hydrogen) atoms. The van der Waals surface area contributed by atoms with Crippen LogP contribution in [0.2, 0.25) is 0 Å². The van der Waals surface area contributed by atoms with Crippen LogP contribution in [-0.4, -0.2) is 12.2 Å². The SMILES string of the molecule is C=C.COc1cc(C#N)ccc1O. The summed E-state index contributed by atoms with van der Waals surface area (Å²) in [4.78, 5) is 0. The van der Waals surface area contributed by atoms with E-state index in [2.05, 4.69) is 13.2 Å². The van der Waals surface area contributed by atoms with Crippen LogP contribution in [0.3, 0.4) is 0 Å². The van der Waals surface area contributed by atoms with Crippen molar-refractivity contribution < 1.29 is 9.84 Å². The molecule has 68 valence electrons. The third-order valence-electron chi connectivity index (χ3n) is 1.31. The van der Waals surface area contributed by atoms with Gasteiger partial charge in [0.25, 0.3) is 0 Å². The van der Waals surface area contributed by atoms with Gasteiger partial charge in [0.05, 0.1) is 18.7 Å². The van der Waals surface area contributed by atoms with Crippen molar-refractivity contribution in [3.63, 3.8) is 0 Å². The Morgan fingerprint density at radius 2 is 2.08 bits per heavy atom. The van der Waals surface area contributed by atoms with Gasteiger partial charge in [-0.2, -0.15) is 5.26 Å². The number of aromatic hydroxyl groups is 1. The molecule has 0 spiro atoms. The molecular weight excluding hydrogens is 166 g/mol. The molecule has 3 heteroatoms. The molecule has 0 aliphatic heterocycles. The van der Waals surface area contributed by atoms with Crippen molar-refractivity contribution >= 4 is 0 Å². The quantitative estimate of drug-likeness (QED) is 0.668. The lowest BCUT2D eigenvalue weighted by atomic mass is 10.2. The van der Waals surface area contributed by atoms with Crippen LogP contribution in [0, 0.1) is 11.3 Å². The molecular formula is C10H11NO2. The molecule has 0 atom stereocenters. The van der Waals surface area contributed by atoms with Gasteiger partial charge in [0.1, 0.15) is 0 Å². The maximum atomic E-state index is 9.10. The summed E-state index contributed by atoms with van der Waals surface area (Å²) in [6.45, 7) is 6.00. The lowest BCUT2D eigenvalue weighted by molar-refractivity contribution is 0.373. The average molecular weight is 177 g/mol. The van der Waals surface area contributed by atoms with Gasteiger partial charge in [-0.15, -0.1) is 13.2 Å². The number of benzene rings is 1. The first-order valence-corrected chi connectivity index (χ1v) is 3.55. The van der Waals surface area contributed by atoms with E-state index in [0.29, 0.717) is 11.3 Å². The number of methoxy groups -OCH3 is 1. The Morgan fingerprint density at radius 3 is 2.54 bits per heavy atom. The number of hydrogen-bond acceptors (Lipinski definition) is 3. The second-order valence-electron chi connectivity index (χ2n) is 2.00. The Labute approximate surface area is 77.5 Å². The van der Waals surface area contributed by atoms with Gasteiger partial charge in [0.15, 0.2) is 11.5 Å². The van der Waals surface area contributed by atoms with Crippen molar-refractivity contribution in [2.75, 3.05) is 7.11 Å². The summed E-state index contributed by atoms with van der Waals surface area (Å²) in [7, 11) is 1.44. The van der Waals surface area contributed by atoms with Crippen molar-refractivity contribution in [3.05, 3.63) is 36.9 Å². The molecule has 0 fully saturated rings. The van der Waals surface area contributed by atoms with Crippen LogP contribution < -0.4 is 4.74 Å². The zero-order chi connectivity index (χ0) is 10.3. The topological polar surface area (TPSA) is 53.2 Å². The number of rotatable bonds is 1. The molecule has 0 heterocycles. The van der Waals surface area contributed by atoms with E-state index in [9.17, 15) is 0 Å². The molecule has 0 saturated carbocycles. The molecule has 1 aromatic carbocycles. The van der Waals surface area contributed by atoms with Gasteiger partial charge in [0, 0.05) is 6.07 Å². The maximum Gasteiger partial charge on any atom is 0.161 e. The molecule has 0 amide bonds. The van der Waals surface area contributed by atoms with Gasteiger partial charge < -0.3 is 9.84 Å². The highest BCUT2D eigenvalue weighted by atomic mass is 16.5. The largest absolute Gasteiger partial charge is 0.504 e. The van der Waals surface area contributed by atoms with E-state index >= 15 is 0 Å². The van der Waals surface area contributed by atoms with Gasteiger partial charge in [0.2, 0.25) is 0 Å². The van der Waals surface area contributed by atoms with E-state index in [1.54, 1.807) is 0 Å². The number of nitrogens with zero attached hydrogens (tertiary/aromatic N) is 1. The van der Waals surface area contributed by atoms with Crippen LogP contribution in [0.5, 0.6) is 11.5 Å². The Bertz CT molecular complexity index is 315. The number of phenols is 1. The molecule has 0 saturated heterocycles. The van der Waals surface area contributed by atoms with Crippen LogP contribution in [0.25, 0.3) is 0 Å². The molecule has 0 bridgehead atoms. The normalized spacial score (nSPS) is 7.69. The van der Waals surface area contributed by atoms with Gasteiger partial charge in [-0.1, -0.05) is 0 Å². The highest BCUT2D eigenvalue weighted by molar-refractivity contribution is 5.45. The summed E-state index contributed by atoms with van der Waals surface area (Å²) < 4.78 is 4.79. The molecule has 1 aromatic rings. The standard InChI is InChI=1S/C8H7NO2.C2H4/c1-11-8-4-6(5-9)2-3-7(8)10;1-2/h2-4,10H,1H3;1-2H2. The first-order valence-electron chi connectivity index (χ1n) is 3.55. The predicted molar refractivity (Wildman–Crippen MR) is 50.6 cm³/mol. The number of nitriles is 1. The summed E-state index contributed by atoms with van der Waals surface area (Å²) in [5.41, 5.74) is 0.472. The van der Waals surface area contributed by atoms with Crippen molar-refractivity contribution in [1.29, 1.82) is 5.26 Å². The monoisotopic (exact) mass is 177 g/mol. The lowest BCUT2D eigenvalue weighted by Crippen LogP contribution is -1.84. The predicted octanol–water partition coefficient (Wildman–Crippen LogP) is 2.07. The first-order chi connectivity index (χ1) is 6.27. The maximum absolute atomic E-state index is 9.10. The van der Waals surface area contributed by atoms with E-state index in [1.807, 2.05) is 6.07 Å². The summed E-state index contributed by atoms with van der Waals surface area (Å²) in [6, 6.07) is 6.37. The summed E-state index contributed by atoms with van der Waals surface area (Å²) >= 11 is 0. The Hall–Kier alpha value is -1.95. The molecule has 0 aromatic heterocycles. The minimum absolute atomic E-state index is 0.0477. The van der Waals surface area contributed by atoms with Gasteiger partial charge >= 0.3 is 0 Å². The first kappa shape index (κ1) is 11.1. The van der Waals surface area contributed by atoms with Crippen LogP contribution in [0.4, 0.5) is 0 Å². The van der Waals surface area contributed by atoms with Crippen LogP contribution in [0.15, 0.2) is 31.4 Å². The Balaban J connectivity index is 0.000000671. The number of hydrogen-bond donors (Lipinski definition) is 1. The van der Waals surface area contributed by atoms with Crippen LogP contribution in [0.1, 0.15) is 5.56 Å². The highest BCUT2D eigenvalue weighted by Crippen LogP contribution is 2.25. The molecule has 1 N–H and O–H groups in total. The smallest absolute Gasteiger partial charge is 0.161 e. The summed E-state index contributed by atoms with van der Waals surface area (Å²) in [6.07, 6.45) is 0. The lowest BCUT2D eigenvalue weighted by Gasteiger charge is -2.01. The zero-order valence-electron chi connectivity index (χ0n) is 7.45.